The lowest BCUT2D eigenvalue weighted by molar-refractivity contribution is 0.629. The molecule has 14 heavy (non-hydrogen) atoms. The zero-order valence-corrected chi connectivity index (χ0v) is 11.4. The Morgan fingerprint density at radius 2 is 1.79 bits per heavy atom. The zero-order valence-electron chi connectivity index (χ0n) is 6.69. The van der Waals surface area contributed by atoms with Gasteiger partial charge >= 0.3 is 0 Å². The lowest BCUT2D eigenvalue weighted by atomic mass is 10.2. The van der Waals surface area contributed by atoms with Crippen molar-refractivity contribution < 1.29 is 4.39 Å². The summed E-state index contributed by atoms with van der Waals surface area (Å²) >= 11 is 10.1. The summed E-state index contributed by atoms with van der Waals surface area (Å²) in [5.74, 6) is -0.286. The van der Waals surface area contributed by atoms with Gasteiger partial charge in [0.2, 0.25) is 0 Å². The van der Waals surface area contributed by atoms with Crippen LogP contribution in [0.1, 0.15) is 0 Å². The molecule has 0 saturated carbocycles. The molecule has 1 aromatic heterocycles. The molecule has 0 radical (unpaired) electrons. The summed E-state index contributed by atoms with van der Waals surface area (Å²) in [7, 11) is 0. The molecule has 0 unspecified atom stereocenters. The van der Waals surface area contributed by atoms with Crippen molar-refractivity contribution >= 4 is 58.7 Å². The number of pyridine rings is 1. The van der Waals surface area contributed by atoms with Crippen molar-refractivity contribution in [1.29, 1.82) is 0 Å². The van der Waals surface area contributed by atoms with Crippen LogP contribution in [0.5, 0.6) is 0 Å². The molecule has 72 valence electrons. The van der Waals surface area contributed by atoms with E-state index >= 15 is 0 Å². The molecule has 1 aromatic carbocycles. The number of benzene rings is 1. The largest absolute Gasteiger partial charge is 0.240 e. The summed E-state index contributed by atoms with van der Waals surface area (Å²) < 4.78 is 15.3. The van der Waals surface area contributed by atoms with Crippen LogP contribution in [0.2, 0.25) is 0 Å². The first kappa shape index (κ1) is 10.5. The predicted molar refractivity (Wildman–Crippen MR) is 64.8 cm³/mol. The average molecular weight is 384 g/mol. The summed E-state index contributed by atoms with van der Waals surface area (Å²) in [4.78, 5) is 4.20. The summed E-state index contributed by atoms with van der Waals surface area (Å²) in [6, 6.07) is 4.51. The zero-order chi connectivity index (χ0) is 10.3. The van der Waals surface area contributed by atoms with E-state index in [2.05, 4.69) is 52.8 Å². The third kappa shape index (κ3) is 1.73. The van der Waals surface area contributed by atoms with Gasteiger partial charge < -0.3 is 0 Å². The van der Waals surface area contributed by atoms with Crippen LogP contribution in [0.25, 0.3) is 10.9 Å². The van der Waals surface area contributed by atoms with Crippen LogP contribution in [0.3, 0.4) is 0 Å². The number of nitrogens with zero attached hydrogens (tertiary/aromatic N) is 1. The molecule has 0 N–H and O–H groups in total. The third-order valence-corrected chi connectivity index (χ3v) is 5.02. The van der Waals surface area contributed by atoms with Gasteiger partial charge in [-0.1, -0.05) is 0 Å². The molecule has 2 aromatic rings. The second-order valence-corrected chi connectivity index (χ2v) is 5.03. The van der Waals surface area contributed by atoms with Gasteiger partial charge in [-0.15, -0.1) is 0 Å². The quantitative estimate of drug-likeness (QED) is 0.603. The Morgan fingerprint density at radius 3 is 2.50 bits per heavy atom. The Bertz CT molecular complexity index is 513. The average Bonchev–Trinajstić information content (AvgIpc) is 2.14. The summed E-state index contributed by atoms with van der Waals surface area (Å²) in [5.41, 5.74) is 0.618. The number of rotatable bonds is 0. The lowest BCUT2D eigenvalue weighted by Crippen LogP contribution is -1.86. The minimum atomic E-state index is -0.286. The molecule has 1 heterocycles. The highest BCUT2D eigenvalue weighted by molar-refractivity contribution is 9.14. The number of fused-ring (bicyclic) bond motifs is 1. The Labute approximate surface area is 105 Å². The van der Waals surface area contributed by atoms with Gasteiger partial charge in [0.05, 0.1) is 9.99 Å². The first-order valence-corrected chi connectivity index (χ1v) is 6.07. The maximum absolute atomic E-state index is 12.9. The molecular weight excluding hydrogens is 381 g/mol. The van der Waals surface area contributed by atoms with Gasteiger partial charge in [0.1, 0.15) is 10.4 Å². The maximum Gasteiger partial charge on any atom is 0.125 e. The van der Waals surface area contributed by atoms with Crippen molar-refractivity contribution in [3.05, 3.63) is 37.6 Å². The summed E-state index contributed by atoms with van der Waals surface area (Å²) in [5, 5.41) is 0.876. The normalized spacial score (nSPS) is 10.9. The van der Waals surface area contributed by atoms with Crippen LogP contribution >= 0.6 is 47.8 Å². The molecule has 0 atom stereocenters. The van der Waals surface area contributed by atoms with E-state index in [0.29, 0.717) is 10.1 Å². The fraction of sp³-hybridized carbons (Fsp3) is 0. The molecule has 0 aliphatic rings. The van der Waals surface area contributed by atoms with Crippen LogP contribution in [0.15, 0.2) is 31.7 Å². The molecule has 0 bridgehead atoms. The standard InChI is InChI=1S/C9H3Br3FN/c10-7-5-2-1-4(13)3-6(5)14-9(12)8(7)11/h1-3H. The van der Waals surface area contributed by atoms with E-state index in [1.807, 2.05) is 0 Å². The van der Waals surface area contributed by atoms with Crippen LogP contribution in [-0.4, -0.2) is 4.98 Å². The van der Waals surface area contributed by atoms with Gasteiger partial charge in [0.25, 0.3) is 0 Å². The molecule has 5 heteroatoms. The van der Waals surface area contributed by atoms with Crippen molar-refractivity contribution in [1.82, 2.24) is 4.98 Å². The van der Waals surface area contributed by atoms with Gasteiger partial charge in [0.15, 0.2) is 0 Å². The summed E-state index contributed by atoms with van der Waals surface area (Å²) in [6.07, 6.45) is 0. The first-order valence-electron chi connectivity index (χ1n) is 3.69. The number of hydrogen-bond acceptors (Lipinski definition) is 1. The van der Waals surface area contributed by atoms with E-state index in [4.69, 9.17) is 0 Å². The SMILES string of the molecule is Fc1ccc2c(Br)c(Br)c(Br)nc2c1. The molecule has 0 saturated heterocycles. The predicted octanol–water partition coefficient (Wildman–Crippen LogP) is 4.66. The molecule has 0 amide bonds. The second-order valence-electron chi connectivity index (χ2n) is 2.69. The van der Waals surface area contributed by atoms with Crippen molar-refractivity contribution in [3.8, 4) is 0 Å². The second kappa shape index (κ2) is 3.87. The first-order chi connectivity index (χ1) is 6.59. The fourth-order valence-corrected chi connectivity index (χ4v) is 2.63. The lowest BCUT2D eigenvalue weighted by Gasteiger charge is -2.04. The number of hydrogen-bond donors (Lipinski definition) is 0. The monoisotopic (exact) mass is 381 g/mol. The van der Waals surface area contributed by atoms with Crippen molar-refractivity contribution in [2.45, 2.75) is 0 Å². The highest BCUT2D eigenvalue weighted by atomic mass is 79.9. The highest BCUT2D eigenvalue weighted by Crippen LogP contribution is 2.35. The van der Waals surface area contributed by atoms with E-state index in [0.717, 1.165) is 14.3 Å². The van der Waals surface area contributed by atoms with Crippen LogP contribution in [0.4, 0.5) is 4.39 Å². The third-order valence-electron chi connectivity index (χ3n) is 1.79. The topological polar surface area (TPSA) is 12.9 Å². The number of halogens is 4. The minimum Gasteiger partial charge on any atom is -0.240 e. The Kier molecular flexibility index (Phi) is 2.91. The highest BCUT2D eigenvalue weighted by Gasteiger charge is 2.09. The smallest absolute Gasteiger partial charge is 0.125 e. The van der Waals surface area contributed by atoms with Crippen LogP contribution in [0, 0.1) is 5.82 Å². The Morgan fingerprint density at radius 1 is 1.07 bits per heavy atom. The van der Waals surface area contributed by atoms with Gasteiger partial charge in [-0.2, -0.15) is 0 Å². The van der Waals surface area contributed by atoms with E-state index in [1.165, 1.54) is 12.1 Å². The van der Waals surface area contributed by atoms with Gasteiger partial charge in [0, 0.05) is 15.9 Å². The fourth-order valence-electron chi connectivity index (χ4n) is 1.15. The summed E-state index contributed by atoms with van der Waals surface area (Å²) in [6.45, 7) is 0. The molecule has 0 aliphatic heterocycles. The van der Waals surface area contributed by atoms with E-state index in [1.54, 1.807) is 6.07 Å². The molecule has 0 spiro atoms. The van der Waals surface area contributed by atoms with Gasteiger partial charge in [-0.25, -0.2) is 9.37 Å². The van der Waals surface area contributed by atoms with Gasteiger partial charge in [-0.3, -0.25) is 0 Å². The van der Waals surface area contributed by atoms with Crippen LogP contribution in [-0.2, 0) is 0 Å². The molecule has 2 rings (SSSR count). The van der Waals surface area contributed by atoms with Crippen molar-refractivity contribution in [3.63, 3.8) is 0 Å². The van der Waals surface area contributed by atoms with Gasteiger partial charge in [-0.05, 0) is 59.9 Å². The molecular formula is C9H3Br3FN. The van der Waals surface area contributed by atoms with Crippen LogP contribution < -0.4 is 0 Å². The van der Waals surface area contributed by atoms with E-state index in [9.17, 15) is 4.39 Å². The van der Waals surface area contributed by atoms with E-state index in [-0.39, 0.29) is 5.82 Å². The number of aromatic nitrogens is 1. The van der Waals surface area contributed by atoms with E-state index < -0.39 is 0 Å². The minimum absolute atomic E-state index is 0.286. The molecule has 0 fully saturated rings. The Balaban J connectivity index is 2.91. The molecule has 1 nitrogen and oxygen atoms in total. The van der Waals surface area contributed by atoms with Crippen molar-refractivity contribution in [2.24, 2.45) is 0 Å². The molecule has 0 aliphatic carbocycles. The maximum atomic E-state index is 12.9. The Hall–Kier alpha value is -0.000000000000000167. The van der Waals surface area contributed by atoms with Crippen molar-refractivity contribution in [2.75, 3.05) is 0 Å².